The minimum absolute atomic E-state index is 0.0467. The fraction of sp³-hybridized carbons (Fsp3) is 0.536. The molecule has 1 aromatic heterocycles. The number of fused-ring (bicyclic) bond motifs is 1. The van der Waals surface area contributed by atoms with Crippen molar-refractivity contribution in [1.82, 2.24) is 9.80 Å². The van der Waals surface area contributed by atoms with Crippen LogP contribution in [0, 0.1) is 11.3 Å². The molecular formula is C28H34N2O3. The minimum Gasteiger partial charge on any atom is -0.508 e. The zero-order chi connectivity index (χ0) is 22.6. The molecule has 5 heteroatoms. The maximum atomic E-state index is 13.0. The first kappa shape index (κ1) is 21.0. The van der Waals surface area contributed by atoms with Gasteiger partial charge in [-0.2, -0.15) is 0 Å². The van der Waals surface area contributed by atoms with Crippen molar-refractivity contribution < 1.29 is 14.3 Å². The quantitative estimate of drug-likeness (QED) is 0.682. The van der Waals surface area contributed by atoms with Gasteiger partial charge in [0.2, 0.25) is 5.91 Å². The highest BCUT2D eigenvalue weighted by molar-refractivity contribution is 5.91. The number of phenols is 1. The van der Waals surface area contributed by atoms with Crippen molar-refractivity contribution in [2.75, 3.05) is 26.7 Å². The molecule has 3 fully saturated rings. The standard InChI is InChI=1S/C28H34N2O3/c1-29(26(32)7-4-21-9-13-33-18-21)23-8-10-27-15-22-5-6-24(31)14-25(22)28(27,16-23)11-12-30(19-27)17-20-2-3-20/h4-7,9,13-14,18,20,23,31H,2-3,8,10-12,15-17,19H2,1H3/b7-4+/t23-,27?,28?/m0/s1. The highest BCUT2D eigenvalue weighted by Crippen LogP contribution is 2.64. The van der Waals surface area contributed by atoms with Crippen LogP contribution in [0.4, 0.5) is 0 Å². The van der Waals surface area contributed by atoms with E-state index < -0.39 is 0 Å². The molecule has 4 aliphatic rings. The lowest BCUT2D eigenvalue weighted by molar-refractivity contribution is -0.130. The molecule has 0 spiro atoms. The van der Waals surface area contributed by atoms with E-state index in [0.717, 1.165) is 56.7 Å². The number of piperidine rings is 1. The predicted octanol–water partition coefficient (Wildman–Crippen LogP) is 4.61. The van der Waals surface area contributed by atoms with Gasteiger partial charge in [0.25, 0.3) is 0 Å². The lowest BCUT2D eigenvalue weighted by atomic mass is 9.52. The summed E-state index contributed by atoms with van der Waals surface area (Å²) in [5.41, 5.74) is 3.95. The second kappa shape index (κ2) is 7.76. The maximum Gasteiger partial charge on any atom is 0.246 e. The van der Waals surface area contributed by atoms with Gasteiger partial charge >= 0.3 is 0 Å². The summed E-state index contributed by atoms with van der Waals surface area (Å²) in [6.45, 7) is 3.53. The van der Waals surface area contributed by atoms with Crippen molar-refractivity contribution in [2.24, 2.45) is 11.3 Å². The van der Waals surface area contributed by atoms with E-state index in [0.29, 0.717) is 5.75 Å². The first-order chi connectivity index (χ1) is 16.0. The van der Waals surface area contributed by atoms with Gasteiger partial charge in [-0.05, 0) is 98.2 Å². The van der Waals surface area contributed by atoms with Crippen LogP contribution in [0.15, 0.2) is 47.3 Å². The summed E-state index contributed by atoms with van der Waals surface area (Å²) in [7, 11) is 1.96. The summed E-state index contributed by atoms with van der Waals surface area (Å²) >= 11 is 0. The Balaban J connectivity index is 1.28. The lowest BCUT2D eigenvalue weighted by Gasteiger charge is -2.58. The van der Waals surface area contributed by atoms with Crippen LogP contribution in [0.25, 0.3) is 6.08 Å². The molecule has 2 saturated carbocycles. The number of nitrogens with zero attached hydrogens (tertiary/aromatic N) is 2. The molecule has 3 atom stereocenters. The van der Waals surface area contributed by atoms with Crippen LogP contribution < -0.4 is 0 Å². The number of carbonyl (C=O) groups excluding carboxylic acids is 1. The van der Waals surface area contributed by atoms with Gasteiger partial charge in [-0.15, -0.1) is 0 Å². The Kier molecular flexibility index (Phi) is 4.95. The molecule has 1 aromatic carbocycles. The Bertz CT molecular complexity index is 1070. The van der Waals surface area contributed by atoms with Crippen LogP contribution in [-0.2, 0) is 16.6 Å². The number of likely N-dealkylation sites (N-methyl/N-ethyl adjacent to an activating group) is 1. The molecule has 2 heterocycles. The third-order valence-electron chi connectivity index (χ3n) is 9.14. The number of rotatable bonds is 5. The number of benzene rings is 1. The number of aromatic hydroxyl groups is 1. The van der Waals surface area contributed by atoms with Crippen LogP contribution in [0.3, 0.4) is 0 Å². The van der Waals surface area contributed by atoms with E-state index in [1.54, 1.807) is 18.6 Å². The smallest absolute Gasteiger partial charge is 0.246 e. The minimum atomic E-state index is 0.0467. The van der Waals surface area contributed by atoms with Crippen LogP contribution in [-0.4, -0.2) is 53.5 Å². The van der Waals surface area contributed by atoms with E-state index >= 15 is 0 Å². The van der Waals surface area contributed by atoms with Crippen molar-refractivity contribution in [3.05, 3.63) is 59.6 Å². The number of hydrogen-bond donors (Lipinski definition) is 1. The van der Waals surface area contributed by atoms with Crippen LogP contribution in [0.5, 0.6) is 5.75 Å². The third kappa shape index (κ3) is 3.52. The molecule has 1 saturated heterocycles. The van der Waals surface area contributed by atoms with E-state index in [1.165, 1.54) is 30.5 Å². The average molecular weight is 447 g/mol. The number of amides is 1. The number of phenolic OH excluding ortho intramolecular Hbond substituents is 1. The van der Waals surface area contributed by atoms with Gasteiger partial charge in [-0.25, -0.2) is 0 Å². The molecule has 0 bridgehead atoms. The van der Waals surface area contributed by atoms with Gasteiger partial charge in [0.1, 0.15) is 5.75 Å². The second-order valence-electron chi connectivity index (χ2n) is 11.0. The van der Waals surface area contributed by atoms with E-state index in [1.807, 2.05) is 36.2 Å². The summed E-state index contributed by atoms with van der Waals surface area (Å²) < 4.78 is 5.11. The third-order valence-corrected chi connectivity index (χ3v) is 9.14. The first-order valence-electron chi connectivity index (χ1n) is 12.5. The number of likely N-dealkylation sites (tertiary alicyclic amines) is 1. The monoisotopic (exact) mass is 446 g/mol. The highest BCUT2D eigenvalue weighted by atomic mass is 16.3. The number of carbonyl (C=O) groups is 1. The van der Waals surface area contributed by atoms with Crippen molar-refractivity contribution >= 4 is 12.0 Å². The molecule has 6 rings (SSSR count). The highest BCUT2D eigenvalue weighted by Gasteiger charge is 2.62. The Morgan fingerprint density at radius 3 is 2.94 bits per heavy atom. The van der Waals surface area contributed by atoms with E-state index in [-0.39, 0.29) is 22.8 Å². The van der Waals surface area contributed by atoms with Crippen molar-refractivity contribution in [2.45, 2.75) is 56.4 Å². The molecule has 5 nitrogen and oxygen atoms in total. The van der Waals surface area contributed by atoms with E-state index in [2.05, 4.69) is 11.0 Å². The van der Waals surface area contributed by atoms with E-state index in [9.17, 15) is 9.90 Å². The predicted molar refractivity (Wildman–Crippen MR) is 128 cm³/mol. The summed E-state index contributed by atoms with van der Waals surface area (Å²) in [6, 6.07) is 8.11. The summed E-state index contributed by atoms with van der Waals surface area (Å²) in [4.78, 5) is 17.7. The van der Waals surface area contributed by atoms with Crippen LogP contribution in [0.1, 0.15) is 55.2 Å². The van der Waals surface area contributed by atoms with E-state index in [4.69, 9.17) is 4.42 Å². The molecule has 2 unspecified atom stereocenters. The molecular weight excluding hydrogens is 412 g/mol. The SMILES string of the molecule is CN(C(=O)/C=C/c1ccoc1)[C@H]1CCC23Cc4ccc(O)cc4C2(CCN(CC2CC2)C3)C1. The van der Waals surface area contributed by atoms with Gasteiger partial charge in [0.15, 0.2) is 0 Å². The van der Waals surface area contributed by atoms with Gasteiger partial charge in [0.05, 0.1) is 12.5 Å². The zero-order valence-electron chi connectivity index (χ0n) is 19.5. The topological polar surface area (TPSA) is 56.9 Å². The van der Waals surface area contributed by atoms with Crippen LogP contribution >= 0.6 is 0 Å². The first-order valence-corrected chi connectivity index (χ1v) is 12.5. The van der Waals surface area contributed by atoms with Crippen molar-refractivity contribution in [1.29, 1.82) is 0 Å². The zero-order valence-corrected chi connectivity index (χ0v) is 19.5. The fourth-order valence-corrected chi connectivity index (χ4v) is 7.22. The normalized spacial score (nSPS) is 31.2. The maximum absolute atomic E-state index is 13.0. The largest absolute Gasteiger partial charge is 0.508 e. The number of furan rings is 1. The molecule has 1 N–H and O–H groups in total. The Labute approximate surface area is 196 Å². The Morgan fingerprint density at radius 2 is 2.15 bits per heavy atom. The van der Waals surface area contributed by atoms with Crippen LogP contribution in [0.2, 0.25) is 0 Å². The van der Waals surface area contributed by atoms with Crippen molar-refractivity contribution in [3.63, 3.8) is 0 Å². The molecule has 33 heavy (non-hydrogen) atoms. The molecule has 3 aliphatic carbocycles. The molecule has 174 valence electrons. The Hall–Kier alpha value is -2.53. The Morgan fingerprint density at radius 1 is 1.27 bits per heavy atom. The van der Waals surface area contributed by atoms with Crippen molar-refractivity contribution in [3.8, 4) is 5.75 Å². The summed E-state index contributed by atoms with van der Waals surface area (Å²) in [5.74, 6) is 1.32. The van der Waals surface area contributed by atoms with Gasteiger partial charge in [0, 0.05) is 43.2 Å². The fourth-order valence-electron chi connectivity index (χ4n) is 7.22. The lowest BCUT2D eigenvalue weighted by Crippen LogP contribution is -2.61. The molecule has 1 aliphatic heterocycles. The molecule has 2 aromatic rings. The average Bonchev–Trinajstić information content (AvgIpc) is 3.37. The summed E-state index contributed by atoms with van der Waals surface area (Å²) in [6.07, 6.45) is 14.9. The van der Waals surface area contributed by atoms with Gasteiger partial charge in [-0.1, -0.05) is 6.07 Å². The molecule has 1 amide bonds. The number of hydrogen-bond acceptors (Lipinski definition) is 4. The van der Waals surface area contributed by atoms with Gasteiger partial charge in [-0.3, -0.25) is 4.79 Å². The van der Waals surface area contributed by atoms with Gasteiger partial charge < -0.3 is 19.3 Å². The summed E-state index contributed by atoms with van der Waals surface area (Å²) in [5, 5.41) is 10.4. The second-order valence-corrected chi connectivity index (χ2v) is 11.0. The molecule has 0 radical (unpaired) electrons.